The van der Waals surface area contributed by atoms with Gasteiger partial charge in [-0.25, -0.2) is 0 Å². The van der Waals surface area contributed by atoms with Crippen LogP contribution in [0.2, 0.25) is 0 Å². The summed E-state index contributed by atoms with van der Waals surface area (Å²) >= 11 is 1.74. The third kappa shape index (κ3) is 3.04. The molecule has 0 radical (unpaired) electrons. The van der Waals surface area contributed by atoms with E-state index in [1.54, 1.807) is 11.8 Å². The van der Waals surface area contributed by atoms with Crippen molar-refractivity contribution in [2.45, 2.75) is 5.25 Å². The van der Waals surface area contributed by atoms with Crippen LogP contribution >= 0.6 is 11.8 Å². The topological polar surface area (TPSA) is 38.4 Å². The Morgan fingerprint density at radius 1 is 1.88 bits per heavy atom. The molecule has 0 rings (SSSR count). The summed E-state index contributed by atoms with van der Waals surface area (Å²) in [4.78, 5) is 3.73. The maximum atomic E-state index is 5.36. The van der Waals surface area contributed by atoms with Gasteiger partial charge < -0.3 is 5.73 Å². The molecule has 3 heteroatoms. The smallest absolute Gasteiger partial charge is 0.0513 e. The number of nitrogens with two attached hydrogens (primary N) is 1. The fourth-order valence-corrected chi connectivity index (χ4v) is 0.836. The van der Waals surface area contributed by atoms with E-state index in [0.717, 1.165) is 6.54 Å². The van der Waals surface area contributed by atoms with Crippen molar-refractivity contribution in [3.8, 4) is 0 Å². The summed E-state index contributed by atoms with van der Waals surface area (Å²) in [6.07, 6.45) is 2.03. The Morgan fingerprint density at radius 3 is 2.62 bits per heavy atom. The van der Waals surface area contributed by atoms with Gasteiger partial charge in [-0.1, -0.05) is 0 Å². The molecule has 2 N–H and O–H groups in total. The van der Waals surface area contributed by atoms with Crippen molar-refractivity contribution < 1.29 is 0 Å². The summed E-state index contributed by atoms with van der Waals surface area (Å²) in [6.45, 7) is 4.85. The molecular formula is C5H12N2S. The van der Waals surface area contributed by atoms with Crippen LogP contribution in [0.3, 0.4) is 0 Å². The lowest BCUT2D eigenvalue weighted by Gasteiger charge is -2.05. The second kappa shape index (κ2) is 5.12. The average molecular weight is 132 g/mol. The lowest BCUT2D eigenvalue weighted by Crippen LogP contribution is -2.19. The molecule has 1 unspecified atom stereocenters. The van der Waals surface area contributed by atoms with E-state index in [1.165, 1.54) is 0 Å². The second-order valence-electron chi connectivity index (χ2n) is 1.50. The van der Waals surface area contributed by atoms with E-state index in [0.29, 0.717) is 11.8 Å². The average Bonchev–Trinajstić information content (AvgIpc) is 1.83. The quantitative estimate of drug-likeness (QED) is 0.561. The molecular weight excluding hydrogens is 120 g/mol. The number of nitrogens with zero attached hydrogens (tertiary/aromatic N) is 1. The van der Waals surface area contributed by atoms with Gasteiger partial charge in [0.05, 0.1) is 6.54 Å². The highest BCUT2D eigenvalue weighted by molar-refractivity contribution is 7.99. The molecule has 0 fully saturated rings. The van der Waals surface area contributed by atoms with Crippen LogP contribution in [-0.4, -0.2) is 31.3 Å². The predicted molar refractivity (Wildman–Crippen MR) is 40.8 cm³/mol. The number of hydrogen-bond donors (Lipinski definition) is 1. The summed E-state index contributed by atoms with van der Waals surface area (Å²) in [6, 6.07) is 0. The zero-order valence-electron chi connectivity index (χ0n) is 5.13. The molecule has 0 spiro atoms. The minimum Gasteiger partial charge on any atom is -0.329 e. The Balaban J connectivity index is 3.20. The first-order chi connectivity index (χ1) is 3.85. The van der Waals surface area contributed by atoms with Gasteiger partial charge in [-0.2, -0.15) is 11.8 Å². The van der Waals surface area contributed by atoms with Gasteiger partial charge in [0.25, 0.3) is 0 Å². The van der Waals surface area contributed by atoms with Crippen LogP contribution in [0.15, 0.2) is 4.99 Å². The molecule has 0 aliphatic heterocycles. The fraction of sp³-hybridized carbons (Fsp3) is 0.800. The molecule has 48 valence electrons. The van der Waals surface area contributed by atoms with Crippen molar-refractivity contribution >= 4 is 18.5 Å². The van der Waals surface area contributed by atoms with E-state index < -0.39 is 0 Å². The minimum absolute atomic E-state index is 0.465. The van der Waals surface area contributed by atoms with Crippen LogP contribution in [0.4, 0.5) is 0 Å². The molecule has 0 saturated heterocycles. The third-order valence-electron chi connectivity index (χ3n) is 0.929. The van der Waals surface area contributed by atoms with E-state index in [2.05, 4.69) is 11.7 Å². The summed E-state index contributed by atoms with van der Waals surface area (Å²) in [5, 5.41) is 0.465. The first-order valence-electron chi connectivity index (χ1n) is 2.50. The Hall–Kier alpha value is -0.0200. The molecule has 0 aromatic carbocycles. The van der Waals surface area contributed by atoms with Crippen LogP contribution in [0.25, 0.3) is 0 Å². The van der Waals surface area contributed by atoms with Crippen molar-refractivity contribution in [2.24, 2.45) is 10.7 Å². The molecule has 0 aliphatic carbocycles. The summed E-state index contributed by atoms with van der Waals surface area (Å²) in [5.74, 6) is 0. The van der Waals surface area contributed by atoms with E-state index in [1.807, 2.05) is 6.26 Å². The lowest BCUT2D eigenvalue weighted by atomic mass is 10.4. The highest BCUT2D eigenvalue weighted by atomic mass is 32.2. The van der Waals surface area contributed by atoms with Crippen molar-refractivity contribution in [3.05, 3.63) is 0 Å². The first kappa shape index (κ1) is 7.98. The van der Waals surface area contributed by atoms with Crippen molar-refractivity contribution in [1.82, 2.24) is 0 Å². The van der Waals surface area contributed by atoms with Crippen molar-refractivity contribution in [1.29, 1.82) is 0 Å². The molecule has 0 aromatic rings. The zero-order chi connectivity index (χ0) is 6.41. The summed E-state index contributed by atoms with van der Waals surface area (Å²) < 4.78 is 0. The first-order valence-corrected chi connectivity index (χ1v) is 3.79. The lowest BCUT2D eigenvalue weighted by molar-refractivity contribution is 0.870. The van der Waals surface area contributed by atoms with Gasteiger partial charge >= 0.3 is 0 Å². The molecule has 0 saturated carbocycles. The highest BCUT2D eigenvalue weighted by Gasteiger charge is 1.99. The Morgan fingerprint density at radius 2 is 2.50 bits per heavy atom. The van der Waals surface area contributed by atoms with E-state index in [-0.39, 0.29) is 0 Å². The number of rotatable bonds is 4. The van der Waals surface area contributed by atoms with Crippen molar-refractivity contribution in [3.63, 3.8) is 0 Å². The molecule has 8 heavy (non-hydrogen) atoms. The van der Waals surface area contributed by atoms with E-state index in [4.69, 9.17) is 5.73 Å². The fourth-order valence-electron chi connectivity index (χ4n) is 0.389. The number of aliphatic imine (C=N–C) groups is 1. The Bertz CT molecular complexity index is 61.4. The van der Waals surface area contributed by atoms with Crippen LogP contribution in [0, 0.1) is 0 Å². The number of hydrogen-bond acceptors (Lipinski definition) is 3. The van der Waals surface area contributed by atoms with E-state index >= 15 is 0 Å². The maximum absolute atomic E-state index is 5.36. The normalized spacial score (nSPS) is 13.2. The van der Waals surface area contributed by atoms with Gasteiger partial charge in [0.1, 0.15) is 0 Å². The molecule has 2 nitrogen and oxygen atoms in total. The summed E-state index contributed by atoms with van der Waals surface area (Å²) in [7, 11) is 0. The molecule has 0 aliphatic rings. The zero-order valence-corrected chi connectivity index (χ0v) is 5.95. The minimum atomic E-state index is 0.465. The van der Waals surface area contributed by atoms with Gasteiger partial charge in [0, 0.05) is 11.8 Å². The highest BCUT2D eigenvalue weighted by Crippen LogP contribution is 2.03. The SMILES string of the molecule is C=NCC(CN)SC. The van der Waals surface area contributed by atoms with Gasteiger partial charge in [-0.3, -0.25) is 4.99 Å². The Labute approximate surface area is 54.6 Å². The van der Waals surface area contributed by atoms with Crippen molar-refractivity contribution in [2.75, 3.05) is 19.3 Å². The van der Waals surface area contributed by atoms with Crippen LogP contribution < -0.4 is 5.73 Å². The van der Waals surface area contributed by atoms with Crippen LogP contribution in [0.1, 0.15) is 0 Å². The standard InChI is InChI=1S/C5H12N2S/c1-7-4-5(3-6)8-2/h5H,1,3-4,6H2,2H3. The Kier molecular flexibility index (Phi) is 5.11. The summed E-state index contributed by atoms with van der Waals surface area (Å²) in [5.41, 5.74) is 5.36. The van der Waals surface area contributed by atoms with Gasteiger partial charge in [-0.15, -0.1) is 0 Å². The predicted octanol–water partition coefficient (Wildman–Crippen LogP) is 0.377. The third-order valence-corrected chi connectivity index (χ3v) is 1.94. The van der Waals surface area contributed by atoms with Gasteiger partial charge in [0.2, 0.25) is 0 Å². The van der Waals surface area contributed by atoms with Crippen LogP contribution in [0.5, 0.6) is 0 Å². The monoisotopic (exact) mass is 132 g/mol. The maximum Gasteiger partial charge on any atom is 0.0513 e. The van der Waals surface area contributed by atoms with Crippen LogP contribution in [-0.2, 0) is 0 Å². The number of thioether (sulfide) groups is 1. The molecule has 0 aromatic heterocycles. The largest absolute Gasteiger partial charge is 0.329 e. The second-order valence-corrected chi connectivity index (χ2v) is 2.64. The molecule has 0 amide bonds. The van der Waals surface area contributed by atoms with Gasteiger partial charge in [-0.05, 0) is 13.0 Å². The molecule has 0 bridgehead atoms. The molecule has 0 heterocycles. The molecule has 1 atom stereocenters. The van der Waals surface area contributed by atoms with Gasteiger partial charge in [0.15, 0.2) is 0 Å². The van der Waals surface area contributed by atoms with E-state index in [9.17, 15) is 0 Å².